The van der Waals surface area contributed by atoms with E-state index in [2.05, 4.69) is 10.1 Å². The second-order valence-electron chi connectivity index (χ2n) is 6.51. The third-order valence-electron chi connectivity index (χ3n) is 4.34. The van der Waals surface area contributed by atoms with Gasteiger partial charge >= 0.3 is 12.4 Å². The average molecular weight is 428 g/mol. The summed E-state index contributed by atoms with van der Waals surface area (Å²) < 4.78 is 84.1. The van der Waals surface area contributed by atoms with Crippen LogP contribution in [0.15, 0.2) is 24.3 Å². The quantitative estimate of drug-likeness (QED) is 0.511. The van der Waals surface area contributed by atoms with Crippen LogP contribution in [0.5, 0.6) is 0 Å². The first-order valence-electron chi connectivity index (χ1n) is 8.96. The fourth-order valence-corrected chi connectivity index (χ4v) is 2.89. The molecule has 29 heavy (non-hydrogen) atoms. The molecule has 1 aromatic rings. The lowest BCUT2D eigenvalue weighted by molar-refractivity contribution is -0.174. The number of morpholine rings is 1. The van der Waals surface area contributed by atoms with Crippen LogP contribution in [0.1, 0.15) is 23.6 Å². The molecule has 1 fully saturated rings. The summed E-state index contributed by atoms with van der Waals surface area (Å²) in [7, 11) is 0. The van der Waals surface area contributed by atoms with Gasteiger partial charge in [0.2, 0.25) is 5.91 Å². The van der Waals surface area contributed by atoms with Crippen LogP contribution in [-0.2, 0) is 20.4 Å². The Bertz CT molecular complexity index is 642. The van der Waals surface area contributed by atoms with E-state index in [9.17, 15) is 31.1 Å². The van der Waals surface area contributed by atoms with Gasteiger partial charge in [-0.05, 0) is 17.7 Å². The van der Waals surface area contributed by atoms with Crippen LogP contribution in [0.2, 0.25) is 0 Å². The number of benzene rings is 1. The summed E-state index contributed by atoms with van der Waals surface area (Å²) in [6, 6.07) is 4.30. The highest BCUT2D eigenvalue weighted by Gasteiger charge is 2.31. The standard InChI is InChI=1S/C18H22F6N2O3/c19-17(20,21)12-29-8-5-16(27)25-11-15(26-6-9-28-10-7-26)13-1-3-14(4-2-13)18(22,23)24/h1-4,15H,5-12H2,(H,25,27). The molecule has 1 saturated heterocycles. The van der Waals surface area contributed by atoms with Gasteiger partial charge < -0.3 is 14.8 Å². The summed E-state index contributed by atoms with van der Waals surface area (Å²) in [4.78, 5) is 13.9. The van der Waals surface area contributed by atoms with Crippen molar-refractivity contribution >= 4 is 5.91 Å². The van der Waals surface area contributed by atoms with Crippen molar-refractivity contribution in [1.82, 2.24) is 10.2 Å². The first-order valence-corrected chi connectivity index (χ1v) is 8.96. The first-order chi connectivity index (χ1) is 13.6. The Labute approximate surface area is 163 Å². The maximum Gasteiger partial charge on any atom is 0.416 e. The molecule has 1 aliphatic rings. The van der Waals surface area contributed by atoms with Gasteiger partial charge in [0.15, 0.2) is 0 Å². The van der Waals surface area contributed by atoms with Gasteiger partial charge in [0, 0.05) is 26.1 Å². The number of nitrogens with zero attached hydrogens (tertiary/aromatic N) is 1. The number of hydrogen-bond donors (Lipinski definition) is 1. The third-order valence-corrected chi connectivity index (χ3v) is 4.34. The minimum absolute atomic E-state index is 0.101. The molecule has 0 radical (unpaired) electrons. The van der Waals surface area contributed by atoms with E-state index >= 15 is 0 Å². The van der Waals surface area contributed by atoms with E-state index in [1.807, 2.05) is 4.90 Å². The van der Waals surface area contributed by atoms with Crippen molar-refractivity contribution in [3.8, 4) is 0 Å². The molecule has 1 amide bonds. The maximum atomic E-state index is 12.8. The smallest absolute Gasteiger partial charge is 0.379 e. The van der Waals surface area contributed by atoms with Crippen LogP contribution < -0.4 is 5.32 Å². The van der Waals surface area contributed by atoms with Crippen LogP contribution in [0.25, 0.3) is 0 Å². The molecule has 0 aliphatic carbocycles. The van der Waals surface area contributed by atoms with Gasteiger partial charge in [-0.2, -0.15) is 26.3 Å². The Morgan fingerprint density at radius 3 is 2.28 bits per heavy atom. The van der Waals surface area contributed by atoms with Crippen molar-refractivity contribution in [3.63, 3.8) is 0 Å². The van der Waals surface area contributed by atoms with Gasteiger partial charge in [-0.25, -0.2) is 0 Å². The van der Waals surface area contributed by atoms with Gasteiger partial charge in [-0.1, -0.05) is 12.1 Å². The molecule has 1 unspecified atom stereocenters. The molecule has 2 rings (SSSR count). The minimum Gasteiger partial charge on any atom is -0.379 e. The number of ether oxygens (including phenoxy) is 2. The molecule has 1 aromatic carbocycles. The lowest BCUT2D eigenvalue weighted by Crippen LogP contribution is -2.44. The third kappa shape index (κ3) is 8.19. The summed E-state index contributed by atoms with van der Waals surface area (Å²) >= 11 is 0. The van der Waals surface area contributed by atoms with E-state index < -0.39 is 30.4 Å². The second kappa shape index (κ2) is 10.3. The molecule has 0 saturated carbocycles. The number of amides is 1. The topological polar surface area (TPSA) is 50.8 Å². The van der Waals surface area contributed by atoms with E-state index in [0.717, 1.165) is 12.1 Å². The molecular formula is C18H22F6N2O3. The Morgan fingerprint density at radius 2 is 1.72 bits per heavy atom. The lowest BCUT2D eigenvalue weighted by Gasteiger charge is -2.35. The van der Waals surface area contributed by atoms with Gasteiger partial charge in [0.1, 0.15) is 6.61 Å². The van der Waals surface area contributed by atoms with E-state index in [1.165, 1.54) is 12.1 Å². The number of rotatable bonds is 8. The summed E-state index contributed by atoms with van der Waals surface area (Å²) in [5.74, 6) is -0.502. The Morgan fingerprint density at radius 1 is 1.10 bits per heavy atom. The van der Waals surface area contributed by atoms with Crippen LogP contribution in [-0.4, -0.2) is 63.0 Å². The zero-order valence-electron chi connectivity index (χ0n) is 15.5. The van der Waals surface area contributed by atoms with Crippen molar-refractivity contribution in [3.05, 3.63) is 35.4 Å². The van der Waals surface area contributed by atoms with E-state index in [0.29, 0.717) is 31.9 Å². The summed E-state index contributed by atoms with van der Waals surface area (Å²) in [6.07, 6.45) is -9.16. The van der Waals surface area contributed by atoms with Crippen molar-refractivity contribution in [2.24, 2.45) is 0 Å². The number of hydrogen-bond acceptors (Lipinski definition) is 4. The number of halogens is 6. The molecule has 1 heterocycles. The van der Waals surface area contributed by atoms with Crippen LogP contribution in [0.3, 0.4) is 0 Å². The highest BCUT2D eigenvalue weighted by atomic mass is 19.4. The largest absolute Gasteiger partial charge is 0.416 e. The SMILES string of the molecule is O=C(CCOCC(F)(F)F)NCC(c1ccc(C(F)(F)F)cc1)N1CCOCC1. The molecule has 11 heteroatoms. The first kappa shape index (κ1) is 23.4. The van der Waals surface area contributed by atoms with Gasteiger partial charge in [0.25, 0.3) is 0 Å². The highest BCUT2D eigenvalue weighted by molar-refractivity contribution is 5.76. The predicted molar refractivity (Wildman–Crippen MR) is 91.1 cm³/mol. The molecule has 1 atom stereocenters. The number of nitrogens with one attached hydrogen (secondary N) is 1. The average Bonchev–Trinajstić information content (AvgIpc) is 2.65. The Hall–Kier alpha value is -1.85. The number of carbonyl (C=O) groups is 1. The van der Waals surface area contributed by atoms with E-state index in [4.69, 9.17) is 4.74 Å². The molecule has 0 spiro atoms. The normalized spacial score (nSPS) is 17.2. The summed E-state index contributed by atoms with van der Waals surface area (Å²) in [6.45, 7) is 0.277. The molecular weight excluding hydrogens is 406 g/mol. The fourth-order valence-electron chi connectivity index (χ4n) is 2.89. The molecule has 5 nitrogen and oxygen atoms in total. The zero-order chi connectivity index (χ0) is 21.5. The maximum absolute atomic E-state index is 12.8. The summed E-state index contributed by atoms with van der Waals surface area (Å²) in [5, 5.41) is 2.62. The number of alkyl halides is 6. The van der Waals surface area contributed by atoms with Crippen LogP contribution in [0.4, 0.5) is 26.3 Å². The fraction of sp³-hybridized carbons (Fsp3) is 0.611. The van der Waals surface area contributed by atoms with Crippen LogP contribution in [0, 0.1) is 0 Å². The van der Waals surface area contributed by atoms with Crippen molar-refractivity contribution in [1.29, 1.82) is 0 Å². The molecule has 0 bridgehead atoms. The second-order valence-corrected chi connectivity index (χ2v) is 6.51. The molecule has 1 aliphatic heterocycles. The van der Waals surface area contributed by atoms with E-state index in [-0.39, 0.29) is 25.6 Å². The van der Waals surface area contributed by atoms with Crippen molar-refractivity contribution in [2.75, 3.05) is 46.1 Å². The summed E-state index contributed by atoms with van der Waals surface area (Å²) in [5.41, 5.74) is -0.179. The molecule has 164 valence electrons. The lowest BCUT2D eigenvalue weighted by atomic mass is 10.0. The highest BCUT2D eigenvalue weighted by Crippen LogP contribution is 2.31. The predicted octanol–water partition coefficient (Wildman–Crippen LogP) is 3.16. The van der Waals surface area contributed by atoms with Gasteiger partial charge in [0.05, 0.1) is 31.4 Å². The zero-order valence-corrected chi connectivity index (χ0v) is 15.5. The molecule has 0 aromatic heterocycles. The number of carbonyl (C=O) groups excluding carboxylic acids is 1. The van der Waals surface area contributed by atoms with Crippen molar-refractivity contribution < 1.29 is 40.6 Å². The van der Waals surface area contributed by atoms with E-state index in [1.54, 1.807) is 0 Å². The minimum atomic E-state index is -4.46. The Balaban J connectivity index is 1.95. The van der Waals surface area contributed by atoms with Gasteiger partial charge in [-0.15, -0.1) is 0 Å². The molecule has 1 N–H and O–H groups in total. The van der Waals surface area contributed by atoms with Crippen molar-refractivity contribution in [2.45, 2.75) is 24.8 Å². The monoisotopic (exact) mass is 428 g/mol. The Kier molecular flexibility index (Phi) is 8.29. The van der Waals surface area contributed by atoms with Gasteiger partial charge in [-0.3, -0.25) is 9.69 Å². The van der Waals surface area contributed by atoms with Crippen LogP contribution >= 0.6 is 0 Å².